The van der Waals surface area contributed by atoms with E-state index in [9.17, 15) is 8.42 Å². The standard InChI is InChI=1S/C13H26N2O3S/c1-15(13-6-9-18-10-7-13)19(16,17)11-3-2-8-14-12-4-5-12/h12-14H,2-11H2,1H3. The summed E-state index contributed by atoms with van der Waals surface area (Å²) in [4.78, 5) is 0. The Hall–Kier alpha value is -0.170. The van der Waals surface area contributed by atoms with Crippen molar-refractivity contribution < 1.29 is 13.2 Å². The molecule has 112 valence electrons. The summed E-state index contributed by atoms with van der Waals surface area (Å²) in [5.41, 5.74) is 0. The van der Waals surface area contributed by atoms with E-state index in [1.165, 1.54) is 12.8 Å². The monoisotopic (exact) mass is 290 g/mol. The minimum absolute atomic E-state index is 0.128. The highest BCUT2D eigenvalue weighted by Gasteiger charge is 2.27. The second-order valence-corrected chi connectivity index (χ2v) is 7.76. The van der Waals surface area contributed by atoms with E-state index < -0.39 is 10.0 Å². The van der Waals surface area contributed by atoms with E-state index in [2.05, 4.69) is 5.32 Å². The van der Waals surface area contributed by atoms with Crippen LogP contribution in [0.3, 0.4) is 0 Å². The first-order chi connectivity index (χ1) is 9.09. The van der Waals surface area contributed by atoms with Crippen molar-refractivity contribution in [3.05, 3.63) is 0 Å². The lowest BCUT2D eigenvalue weighted by Crippen LogP contribution is -2.41. The molecule has 1 N–H and O–H groups in total. The van der Waals surface area contributed by atoms with Crippen LogP contribution in [0.2, 0.25) is 0 Å². The van der Waals surface area contributed by atoms with Crippen LogP contribution in [0.1, 0.15) is 38.5 Å². The summed E-state index contributed by atoms with van der Waals surface area (Å²) in [7, 11) is -1.38. The molecule has 5 nitrogen and oxygen atoms in total. The molecule has 0 amide bonds. The molecule has 2 fully saturated rings. The largest absolute Gasteiger partial charge is 0.381 e. The minimum atomic E-state index is -3.09. The summed E-state index contributed by atoms with van der Waals surface area (Å²) in [6.45, 7) is 2.30. The molecule has 0 atom stereocenters. The van der Waals surface area contributed by atoms with Crippen molar-refractivity contribution in [2.75, 3.05) is 32.6 Å². The maximum Gasteiger partial charge on any atom is 0.214 e. The fourth-order valence-corrected chi connectivity index (χ4v) is 3.94. The van der Waals surface area contributed by atoms with Gasteiger partial charge in [0, 0.05) is 32.3 Å². The molecule has 2 aliphatic rings. The zero-order valence-electron chi connectivity index (χ0n) is 11.8. The summed E-state index contributed by atoms with van der Waals surface area (Å²) in [6.07, 6.45) is 5.89. The predicted octanol–water partition coefficient (Wildman–Crippen LogP) is 0.959. The van der Waals surface area contributed by atoms with Crippen molar-refractivity contribution in [3.8, 4) is 0 Å². The van der Waals surface area contributed by atoms with Gasteiger partial charge in [-0.2, -0.15) is 0 Å². The summed E-state index contributed by atoms with van der Waals surface area (Å²) in [6, 6.07) is 0.838. The number of unbranched alkanes of at least 4 members (excludes halogenated alkanes) is 1. The lowest BCUT2D eigenvalue weighted by Gasteiger charge is -2.30. The quantitative estimate of drug-likeness (QED) is 0.677. The Morgan fingerprint density at radius 3 is 2.47 bits per heavy atom. The van der Waals surface area contributed by atoms with Crippen molar-refractivity contribution in [2.45, 2.75) is 50.6 Å². The van der Waals surface area contributed by atoms with Crippen LogP contribution in [0.5, 0.6) is 0 Å². The lowest BCUT2D eigenvalue weighted by molar-refractivity contribution is 0.0632. The molecule has 1 saturated carbocycles. The van der Waals surface area contributed by atoms with E-state index in [1.54, 1.807) is 11.4 Å². The first-order valence-corrected chi connectivity index (χ1v) is 8.97. The Labute approximate surface area is 116 Å². The molecule has 19 heavy (non-hydrogen) atoms. The number of nitrogens with one attached hydrogen (secondary N) is 1. The van der Waals surface area contributed by atoms with Crippen LogP contribution in [0.15, 0.2) is 0 Å². The van der Waals surface area contributed by atoms with Crippen LogP contribution in [-0.4, -0.2) is 57.4 Å². The van der Waals surface area contributed by atoms with E-state index in [-0.39, 0.29) is 11.8 Å². The molecule has 1 saturated heterocycles. The number of hydrogen-bond acceptors (Lipinski definition) is 4. The van der Waals surface area contributed by atoms with Gasteiger partial charge in [0.15, 0.2) is 0 Å². The highest BCUT2D eigenvalue weighted by atomic mass is 32.2. The van der Waals surface area contributed by atoms with E-state index in [1.807, 2.05) is 0 Å². The molecule has 0 aromatic rings. The number of rotatable bonds is 8. The zero-order chi connectivity index (χ0) is 13.7. The molecule has 0 aromatic carbocycles. The molecule has 1 heterocycles. The Balaban J connectivity index is 1.66. The highest BCUT2D eigenvalue weighted by Crippen LogP contribution is 2.19. The Bertz CT molecular complexity index is 362. The van der Waals surface area contributed by atoms with Gasteiger partial charge in [0.25, 0.3) is 0 Å². The van der Waals surface area contributed by atoms with Gasteiger partial charge in [-0.1, -0.05) is 0 Å². The van der Waals surface area contributed by atoms with Gasteiger partial charge in [0.2, 0.25) is 10.0 Å². The summed E-state index contributed by atoms with van der Waals surface area (Å²) < 4.78 is 31.3. The van der Waals surface area contributed by atoms with Gasteiger partial charge in [0.05, 0.1) is 5.75 Å². The second kappa shape index (κ2) is 7.02. The maximum absolute atomic E-state index is 12.2. The van der Waals surface area contributed by atoms with Gasteiger partial charge >= 0.3 is 0 Å². The van der Waals surface area contributed by atoms with Crippen molar-refractivity contribution in [1.29, 1.82) is 0 Å². The van der Waals surface area contributed by atoms with Gasteiger partial charge in [-0.05, 0) is 45.1 Å². The minimum Gasteiger partial charge on any atom is -0.381 e. The number of ether oxygens (including phenoxy) is 1. The molecule has 0 radical (unpaired) electrons. The van der Waals surface area contributed by atoms with Crippen LogP contribution in [-0.2, 0) is 14.8 Å². The summed E-state index contributed by atoms with van der Waals surface area (Å²) >= 11 is 0. The van der Waals surface area contributed by atoms with E-state index in [0.717, 1.165) is 32.2 Å². The van der Waals surface area contributed by atoms with Gasteiger partial charge in [-0.15, -0.1) is 0 Å². The SMILES string of the molecule is CN(C1CCOCC1)S(=O)(=O)CCCCNC1CC1. The second-order valence-electron chi connectivity index (χ2n) is 5.61. The van der Waals surface area contributed by atoms with Crippen molar-refractivity contribution in [2.24, 2.45) is 0 Å². The summed E-state index contributed by atoms with van der Waals surface area (Å²) in [5, 5.41) is 3.41. The molecule has 2 rings (SSSR count). The average molecular weight is 290 g/mol. The molecule has 6 heteroatoms. The van der Waals surface area contributed by atoms with Crippen molar-refractivity contribution in [1.82, 2.24) is 9.62 Å². The van der Waals surface area contributed by atoms with E-state index in [0.29, 0.717) is 19.3 Å². The normalized spacial score (nSPS) is 22.0. The van der Waals surface area contributed by atoms with Gasteiger partial charge < -0.3 is 10.1 Å². The molecule has 1 aliphatic heterocycles. The van der Waals surface area contributed by atoms with Crippen molar-refractivity contribution >= 4 is 10.0 Å². The van der Waals surface area contributed by atoms with Crippen LogP contribution >= 0.6 is 0 Å². The first-order valence-electron chi connectivity index (χ1n) is 7.36. The third kappa shape index (κ3) is 5.02. The Morgan fingerprint density at radius 1 is 1.16 bits per heavy atom. The van der Waals surface area contributed by atoms with Crippen LogP contribution in [0.25, 0.3) is 0 Å². The third-order valence-electron chi connectivity index (χ3n) is 3.98. The van der Waals surface area contributed by atoms with Crippen LogP contribution < -0.4 is 5.32 Å². The molecule has 0 bridgehead atoms. The van der Waals surface area contributed by atoms with Gasteiger partial charge in [-0.25, -0.2) is 12.7 Å². The van der Waals surface area contributed by atoms with Crippen LogP contribution in [0.4, 0.5) is 0 Å². The molecule has 1 aliphatic carbocycles. The average Bonchev–Trinajstić information content (AvgIpc) is 3.22. The number of hydrogen-bond donors (Lipinski definition) is 1. The third-order valence-corrected chi connectivity index (χ3v) is 5.96. The number of nitrogens with zero attached hydrogens (tertiary/aromatic N) is 1. The zero-order valence-corrected chi connectivity index (χ0v) is 12.6. The topological polar surface area (TPSA) is 58.6 Å². The Kier molecular flexibility index (Phi) is 5.62. The highest BCUT2D eigenvalue weighted by molar-refractivity contribution is 7.89. The molecule has 0 unspecified atom stereocenters. The number of sulfonamides is 1. The van der Waals surface area contributed by atoms with E-state index >= 15 is 0 Å². The molecule has 0 spiro atoms. The van der Waals surface area contributed by atoms with Crippen LogP contribution in [0, 0.1) is 0 Å². The fourth-order valence-electron chi connectivity index (χ4n) is 2.42. The van der Waals surface area contributed by atoms with Gasteiger partial charge in [0.1, 0.15) is 0 Å². The Morgan fingerprint density at radius 2 is 1.84 bits per heavy atom. The smallest absolute Gasteiger partial charge is 0.214 e. The lowest BCUT2D eigenvalue weighted by atomic mass is 10.1. The predicted molar refractivity (Wildman–Crippen MR) is 75.6 cm³/mol. The summed E-state index contributed by atoms with van der Waals surface area (Å²) in [5.74, 6) is 0.271. The first kappa shape index (κ1) is 15.2. The molecular formula is C13H26N2O3S. The molecule has 0 aromatic heterocycles. The van der Waals surface area contributed by atoms with Crippen molar-refractivity contribution in [3.63, 3.8) is 0 Å². The molecular weight excluding hydrogens is 264 g/mol. The van der Waals surface area contributed by atoms with Gasteiger partial charge in [-0.3, -0.25) is 0 Å². The maximum atomic E-state index is 12.2. The fraction of sp³-hybridized carbons (Fsp3) is 1.00. The van der Waals surface area contributed by atoms with E-state index in [4.69, 9.17) is 4.74 Å².